The number of allylic oxidation sites excluding steroid dienone is 1. The normalized spacial score (nSPS) is 24.8. The number of rotatable bonds is 7. The van der Waals surface area contributed by atoms with E-state index in [4.69, 9.17) is 13.8 Å². The maximum absolute atomic E-state index is 13.0. The summed E-state index contributed by atoms with van der Waals surface area (Å²) in [7, 11) is -1.96. The first-order chi connectivity index (χ1) is 10.2. The first-order valence-electron chi connectivity index (χ1n) is 7.68. The fraction of sp³-hybridized carbons (Fsp3) is 0.688. The van der Waals surface area contributed by atoms with Gasteiger partial charge in [0.05, 0.1) is 13.7 Å². The van der Waals surface area contributed by atoms with Crippen LogP contribution in [0.2, 0.25) is 0 Å². The van der Waals surface area contributed by atoms with Gasteiger partial charge in [0.1, 0.15) is 10.9 Å². The van der Waals surface area contributed by atoms with Crippen molar-refractivity contribution in [3.63, 3.8) is 0 Å². The van der Waals surface area contributed by atoms with E-state index >= 15 is 0 Å². The van der Waals surface area contributed by atoms with Gasteiger partial charge in [0.15, 0.2) is 0 Å². The fourth-order valence-corrected chi connectivity index (χ4v) is 4.90. The van der Waals surface area contributed by atoms with E-state index in [1.165, 1.54) is 7.11 Å². The average molecular weight is 330 g/mol. The molecular weight excluding hydrogens is 303 g/mol. The summed E-state index contributed by atoms with van der Waals surface area (Å²) < 4.78 is 16.0. The molecule has 1 aliphatic rings. The van der Waals surface area contributed by atoms with E-state index in [-0.39, 0.29) is 0 Å². The summed E-state index contributed by atoms with van der Waals surface area (Å²) in [5.41, 5.74) is 0.456. The maximum Gasteiger partial charge on any atom is 0.333 e. The Bertz CT molecular complexity index is 481. The average Bonchev–Trinajstić information content (AvgIpc) is 2.62. The van der Waals surface area contributed by atoms with E-state index in [1.807, 2.05) is 13.8 Å². The van der Waals surface area contributed by atoms with Gasteiger partial charge in [-0.15, -0.1) is 0 Å². The van der Waals surface area contributed by atoms with Gasteiger partial charge < -0.3 is 9.63 Å². The van der Waals surface area contributed by atoms with Gasteiger partial charge in [-0.3, -0.25) is 0 Å². The molecule has 1 atom stereocenters. The largest absolute Gasteiger partial charge is 0.627 e. The van der Waals surface area contributed by atoms with Crippen LogP contribution < -0.4 is 4.89 Å². The van der Waals surface area contributed by atoms with Crippen LogP contribution in [0.25, 0.3) is 0 Å². The summed E-state index contributed by atoms with van der Waals surface area (Å²) in [6.45, 7) is 9.54. The number of hydrogen-bond acceptors (Lipinski definition) is 5. The summed E-state index contributed by atoms with van der Waals surface area (Å²) >= 11 is 0. The topological polar surface area (TPSA) is 67.8 Å². The lowest BCUT2D eigenvalue weighted by Crippen LogP contribution is -2.24. The molecule has 0 aromatic carbocycles. The Labute approximate surface area is 133 Å². The van der Waals surface area contributed by atoms with E-state index in [0.29, 0.717) is 23.9 Å². The molecule has 0 aromatic rings. The minimum absolute atomic E-state index is 0.315. The van der Waals surface area contributed by atoms with Crippen molar-refractivity contribution in [1.29, 1.82) is 0 Å². The van der Waals surface area contributed by atoms with Crippen molar-refractivity contribution in [2.45, 2.75) is 59.5 Å². The minimum Gasteiger partial charge on any atom is -0.627 e. The maximum atomic E-state index is 13.0. The molecule has 1 rings (SSSR count). The van der Waals surface area contributed by atoms with E-state index in [0.717, 1.165) is 18.4 Å². The quantitative estimate of drug-likeness (QED) is 0.406. The number of carbonyl (C=O) groups is 1. The van der Waals surface area contributed by atoms with Crippen LogP contribution in [0, 0.1) is 0 Å². The first kappa shape index (κ1) is 19.3. The Hall–Kier alpha value is -0.740. The summed E-state index contributed by atoms with van der Waals surface area (Å²) in [6, 6.07) is 0. The van der Waals surface area contributed by atoms with Crippen molar-refractivity contribution >= 4 is 13.9 Å². The molecule has 0 N–H and O–H groups in total. The fourth-order valence-electron chi connectivity index (χ4n) is 2.48. The number of methoxy groups -OCH3 is 1. The number of carbonyl (C=O) groups excluding carboxylic acids is 1. The molecule has 0 aliphatic carbocycles. The van der Waals surface area contributed by atoms with Gasteiger partial charge >= 0.3 is 5.97 Å². The third-order valence-corrected chi connectivity index (χ3v) is 5.99. The van der Waals surface area contributed by atoms with Crippen LogP contribution in [0.1, 0.15) is 53.9 Å². The van der Waals surface area contributed by atoms with E-state index in [2.05, 4.69) is 6.92 Å². The highest BCUT2D eigenvalue weighted by molar-refractivity contribution is 7.64. The molecule has 1 aliphatic heterocycles. The Kier molecular flexibility index (Phi) is 6.75. The predicted molar refractivity (Wildman–Crippen MR) is 86.0 cm³/mol. The Balaban J connectivity index is 3.35. The zero-order valence-corrected chi connectivity index (χ0v) is 15.3. The second-order valence-corrected chi connectivity index (χ2v) is 7.78. The first-order valence-corrected chi connectivity index (χ1v) is 9.22. The van der Waals surface area contributed by atoms with Crippen LogP contribution in [-0.4, -0.2) is 25.3 Å². The molecule has 126 valence electrons. The van der Waals surface area contributed by atoms with E-state index in [9.17, 15) is 9.69 Å². The van der Waals surface area contributed by atoms with Gasteiger partial charge in [0.25, 0.3) is 7.94 Å². The standard InChI is InChI=1S/C16H27O5P/c1-7-9-10-14-13(11-12(3)15(17)19-6)16(4,5)21-22(14,18)20-8-2/h11H,7-10H2,1-6H3/b12-11+. The summed E-state index contributed by atoms with van der Waals surface area (Å²) in [5.74, 6) is -0.406. The molecule has 0 radical (unpaired) electrons. The minimum atomic E-state index is -3.30. The third kappa shape index (κ3) is 4.17. The molecule has 5 nitrogen and oxygen atoms in total. The molecule has 0 fully saturated rings. The predicted octanol–water partition coefficient (Wildman–Crippen LogP) is 3.52. The highest BCUT2D eigenvalue weighted by Gasteiger charge is 2.53. The number of unbranched alkanes of at least 4 members (excludes halogenated alkanes) is 1. The van der Waals surface area contributed by atoms with Gasteiger partial charge in [-0.05, 0) is 40.2 Å². The van der Waals surface area contributed by atoms with Gasteiger partial charge in [-0.1, -0.05) is 13.3 Å². The van der Waals surface area contributed by atoms with Crippen LogP contribution in [0.15, 0.2) is 22.5 Å². The van der Waals surface area contributed by atoms with Crippen LogP contribution in [-0.2, 0) is 18.6 Å². The third-order valence-electron chi connectivity index (χ3n) is 3.57. The van der Waals surface area contributed by atoms with E-state index < -0.39 is 19.5 Å². The molecular formula is C16H27O5P. The van der Waals surface area contributed by atoms with E-state index in [1.54, 1.807) is 19.9 Å². The van der Waals surface area contributed by atoms with Crippen molar-refractivity contribution in [3.8, 4) is 0 Å². The molecule has 1 unspecified atom stereocenters. The number of esters is 1. The molecule has 22 heavy (non-hydrogen) atoms. The summed E-state index contributed by atoms with van der Waals surface area (Å²) in [5, 5.41) is 0.685. The second kappa shape index (κ2) is 7.69. The highest BCUT2D eigenvalue weighted by Crippen LogP contribution is 2.70. The summed E-state index contributed by atoms with van der Waals surface area (Å²) in [4.78, 5) is 24.7. The van der Waals surface area contributed by atoms with Crippen molar-refractivity contribution < 1.29 is 23.5 Å². The van der Waals surface area contributed by atoms with Gasteiger partial charge in [0, 0.05) is 17.6 Å². The zero-order chi connectivity index (χ0) is 17.0. The van der Waals surface area contributed by atoms with Gasteiger partial charge in [0.2, 0.25) is 0 Å². The van der Waals surface area contributed by atoms with Crippen molar-refractivity contribution in [3.05, 3.63) is 22.5 Å². The SMILES string of the molecule is CCCCC1=C(/C=C(\C)C(=O)OC)C(C)(C)O[P+]1([O-])OCC. The lowest BCUT2D eigenvalue weighted by Gasteiger charge is -2.27. The number of hydrogen-bond donors (Lipinski definition) is 0. The molecule has 0 saturated heterocycles. The van der Waals surface area contributed by atoms with Gasteiger partial charge in [-0.2, -0.15) is 4.52 Å². The van der Waals surface area contributed by atoms with Crippen LogP contribution in [0.4, 0.5) is 0 Å². The van der Waals surface area contributed by atoms with Crippen molar-refractivity contribution in [2.75, 3.05) is 13.7 Å². The monoisotopic (exact) mass is 330 g/mol. The molecule has 0 bridgehead atoms. The summed E-state index contributed by atoms with van der Waals surface area (Å²) in [6.07, 6.45) is 4.22. The second-order valence-electron chi connectivity index (χ2n) is 5.80. The molecule has 0 amide bonds. The Morgan fingerprint density at radius 2 is 2.05 bits per heavy atom. The Morgan fingerprint density at radius 1 is 1.41 bits per heavy atom. The zero-order valence-electron chi connectivity index (χ0n) is 14.4. The lowest BCUT2D eigenvalue weighted by atomic mass is 9.94. The number of ether oxygens (including phenoxy) is 1. The molecule has 0 aromatic heterocycles. The smallest absolute Gasteiger partial charge is 0.333 e. The van der Waals surface area contributed by atoms with Crippen LogP contribution in [0.5, 0.6) is 0 Å². The lowest BCUT2D eigenvalue weighted by molar-refractivity contribution is -0.219. The molecule has 0 spiro atoms. The highest BCUT2D eigenvalue weighted by atomic mass is 31.2. The van der Waals surface area contributed by atoms with Crippen LogP contribution in [0.3, 0.4) is 0 Å². The molecule has 0 saturated carbocycles. The van der Waals surface area contributed by atoms with Crippen LogP contribution >= 0.6 is 7.94 Å². The van der Waals surface area contributed by atoms with Gasteiger partial charge in [-0.25, -0.2) is 9.32 Å². The molecule has 6 heteroatoms. The van der Waals surface area contributed by atoms with Crippen molar-refractivity contribution in [2.24, 2.45) is 0 Å². The Morgan fingerprint density at radius 3 is 2.55 bits per heavy atom. The van der Waals surface area contributed by atoms with Crippen molar-refractivity contribution in [1.82, 2.24) is 0 Å². The molecule has 1 heterocycles.